The molecule has 0 aromatic heterocycles. The Hall–Kier alpha value is 0.01000. The molecule has 1 aromatic rings. The highest BCUT2D eigenvalue weighted by Gasteiger charge is 2.20. The normalized spacial score (nSPS) is 26.0. The first-order valence-electron chi connectivity index (χ1n) is 6.78. The van der Waals surface area contributed by atoms with Gasteiger partial charge >= 0.3 is 0 Å². The number of hydrogen-bond donors (Lipinski definition) is 1. The van der Waals surface area contributed by atoms with Gasteiger partial charge in [0.15, 0.2) is 0 Å². The second-order valence-electron chi connectivity index (χ2n) is 5.49. The molecule has 18 heavy (non-hydrogen) atoms. The minimum Gasteiger partial charge on any atom is -0.324 e. The maximum absolute atomic E-state index is 5.91. The first kappa shape index (κ1) is 14.4. The summed E-state index contributed by atoms with van der Waals surface area (Å²) in [5.74, 6) is 0.887. The van der Waals surface area contributed by atoms with Gasteiger partial charge in [0.05, 0.1) is 0 Å². The molecule has 1 aliphatic carbocycles. The van der Waals surface area contributed by atoms with Crippen molar-refractivity contribution < 1.29 is 0 Å². The molecule has 2 unspecified atom stereocenters. The van der Waals surface area contributed by atoms with Crippen LogP contribution in [0.1, 0.15) is 51.1 Å². The van der Waals surface area contributed by atoms with Crippen LogP contribution in [0, 0.1) is 5.92 Å². The topological polar surface area (TPSA) is 26.0 Å². The number of thioether (sulfide) groups is 1. The van der Waals surface area contributed by atoms with Crippen molar-refractivity contribution in [1.29, 1.82) is 0 Å². The Kier molecular flexibility index (Phi) is 5.16. The second kappa shape index (κ2) is 6.44. The molecule has 2 rings (SSSR count). The number of benzene rings is 1. The first-order valence-corrected chi connectivity index (χ1v) is 8.45. The van der Waals surface area contributed by atoms with E-state index in [4.69, 9.17) is 5.73 Å². The summed E-state index contributed by atoms with van der Waals surface area (Å²) >= 11 is 5.71. The molecule has 0 aliphatic heterocycles. The van der Waals surface area contributed by atoms with Crippen molar-refractivity contribution in [3.63, 3.8) is 0 Å². The van der Waals surface area contributed by atoms with Crippen molar-refractivity contribution >= 4 is 27.7 Å². The summed E-state index contributed by atoms with van der Waals surface area (Å²) in [6, 6.07) is 6.64. The van der Waals surface area contributed by atoms with Gasteiger partial charge < -0.3 is 5.73 Å². The number of halogens is 1. The van der Waals surface area contributed by atoms with Gasteiger partial charge in [-0.2, -0.15) is 0 Å². The maximum Gasteiger partial charge on any atom is 0.0314 e. The Morgan fingerprint density at radius 1 is 1.39 bits per heavy atom. The van der Waals surface area contributed by atoms with E-state index in [-0.39, 0.29) is 6.04 Å². The lowest BCUT2D eigenvalue weighted by atomic mass is 9.91. The monoisotopic (exact) mass is 327 g/mol. The largest absolute Gasteiger partial charge is 0.324 e. The van der Waals surface area contributed by atoms with E-state index in [1.165, 1.54) is 40.6 Å². The molecular formula is C15H22BrNS. The molecule has 100 valence electrons. The van der Waals surface area contributed by atoms with E-state index in [1.807, 2.05) is 18.7 Å². The van der Waals surface area contributed by atoms with Gasteiger partial charge in [-0.25, -0.2) is 0 Å². The molecule has 3 heteroatoms. The van der Waals surface area contributed by atoms with Crippen LogP contribution in [-0.2, 0) is 0 Å². The van der Waals surface area contributed by atoms with Crippen LogP contribution in [0.15, 0.2) is 27.6 Å². The Labute approximate surface area is 123 Å². The minimum atomic E-state index is 0.107. The van der Waals surface area contributed by atoms with E-state index < -0.39 is 0 Å². The first-order chi connectivity index (χ1) is 8.56. The van der Waals surface area contributed by atoms with E-state index in [9.17, 15) is 0 Å². The Morgan fingerprint density at radius 2 is 2.17 bits per heavy atom. The fourth-order valence-electron chi connectivity index (χ4n) is 2.56. The van der Waals surface area contributed by atoms with Crippen LogP contribution in [0.25, 0.3) is 0 Å². The van der Waals surface area contributed by atoms with Crippen LogP contribution in [0.3, 0.4) is 0 Å². The van der Waals surface area contributed by atoms with Crippen molar-refractivity contribution in [2.75, 3.05) is 0 Å². The number of rotatable bonds is 3. The lowest BCUT2D eigenvalue weighted by molar-refractivity contribution is 0.394. The Balaban J connectivity index is 2.05. The third kappa shape index (κ3) is 3.75. The fourth-order valence-corrected chi connectivity index (χ4v) is 4.62. The summed E-state index contributed by atoms with van der Waals surface area (Å²) < 4.78 is 1.19. The predicted octanol–water partition coefficient (Wildman–Crippen LogP) is 5.14. The zero-order valence-electron chi connectivity index (χ0n) is 11.2. The van der Waals surface area contributed by atoms with E-state index in [1.54, 1.807) is 0 Å². The van der Waals surface area contributed by atoms with Gasteiger partial charge in [-0.3, -0.25) is 0 Å². The molecular weight excluding hydrogens is 306 g/mol. The van der Waals surface area contributed by atoms with E-state index in [0.29, 0.717) is 0 Å². The van der Waals surface area contributed by atoms with Gasteiger partial charge in [-0.15, -0.1) is 11.8 Å². The van der Waals surface area contributed by atoms with Crippen molar-refractivity contribution in [3.8, 4) is 0 Å². The van der Waals surface area contributed by atoms with Crippen LogP contribution in [0.4, 0.5) is 0 Å². The zero-order valence-corrected chi connectivity index (χ0v) is 13.6. The minimum absolute atomic E-state index is 0.107. The molecule has 0 spiro atoms. The highest BCUT2D eigenvalue weighted by atomic mass is 79.9. The summed E-state index contributed by atoms with van der Waals surface area (Å²) in [6.45, 7) is 4.40. The van der Waals surface area contributed by atoms with Gasteiger partial charge in [-0.1, -0.05) is 25.8 Å². The van der Waals surface area contributed by atoms with Crippen LogP contribution >= 0.6 is 27.7 Å². The standard InChI is InChI=1S/C15H22BrNS/c1-10-4-3-5-13(8-10)18-15-7-6-12(11(2)17)9-14(15)16/h6-7,9-11,13H,3-5,8,17H2,1-2H3/t10?,11-,13?/m0/s1. The van der Waals surface area contributed by atoms with Gasteiger partial charge in [-0.05, 0) is 59.3 Å². The SMILES string of the molecule is CC1CCCC(Sc2ccc([C@H](C)N)cc2Br)C1. The molecule has 1 nitrogen and oxygen atoms in total. The third-order valence-electron chi connectivity index (χ3n) is 3.66. The zero-order chi connectivity index (χ0) is 13.1. The van der Waals surface area contributed by atoms with Crippen molar-refractivity contribution in [2.24, 2.45) is 11.7 Å². The average molecular weight is 328 g/mol. The highest BCUT2D eigenvalue weighted by Crippen LogP contribution is 2.39. The van der Waals surface area contributed by atoms with Crippen LogP contribution in [-0.4, -0.2) is 5.25 Å². The van der Waals surface area contributed by atoms with Crippen molar-refractivity contribution in [3.05, 3.63) is 28.2 Å². The molecule has 0 radical (unpaired) electrons. The molecule has 0 amide bonds. The van der Waals surface area contributed by atoms with Crippen molar-refractivity contribution in [2.45, 2.75) is 55.7 Å². The van der Waals surface area contributed by atoms with Gasteiger partial charge in [0.25, 0.3) is 0 Å². The molecule has 2 N–H and O–H groups in total. The molecule has 1 aromatic carbocycles. The van der Waals surface area contributed by atoms with E-state index in [2.05, 4.69) is 41.1 Å². The molecule has 1 fully saturated rings. The van der Waals surface area contributed by atoms with Crippen LogP contribution in [0.5, 0.6) is 0 Å². The second-order valence-corrected chi connectivity index (χ2v) is 7.69. The van der Waals surface area contributed by atoms with Crippen LogP contribution in [0.2, 0.25) is 0 Å². The fraction of sp³-hybridized carbons (Fsp3) is 0.600. The molecule has 3 atom stereocenters. The lowest BCUT2D eigenvalue weighted by Crippen LogP contribution is -2.15. The molecule has 1 saturated carbocycles. The average Bonchev–Trinajstić information content (AvgIpc) is 2.31. The van der Waals surface area contributed by atoms with E-state index >= 15 is 0 Å². The highest BCUT2D eigenvalue weighted by molar-refractivity contribution is 9.10. The summed E-state index contributed by atoms with van der Waals surface area (Å²) in [6.07, 6.45) is 5.50. The Morgan fingerprint density at radius 3 is 2.78 bits per heavy atom. The van der Waals surface area contributed by atoms with Gasteiger partial charge in [0, 0.05) is 20.7 Å². The maximum atomic E-state index is 5.91. The molecule has 0 heterocycles. The summed E-state index contributed by atoms with van der Waals surface area (Å²) in [7, 11) is 0. The molecule has 0 saturated heterocycles. The molecule has 1 aliphatic rings. The number of nitrogens with two attached hydrogens (primary N) is 1. The number of hydrogen-bond acceptors (Lipinski definition) is 2. The summed E-state index contributed by atoms with van der Waals surface area (Å²) in [4.78, 5) is 1.36. The van der Waals surface area contributed by atoms with E-state index in [0.717, 1.165) is 11.2 Å². The molecule has 0 bridgehead atoms. The van der Waals surface area contributed by atoms with Crippen molar-refractivity contribution in [1.82, 2.24) is 0 Å². The quantitative estimate of drug-likeness (QED) is 0.831. The van der Waals surface area contributed by atoms with Gasteiger partial charge in [0.1, 0.15) is 0 Å². The Bertz CT molecular complexity index is 405. The summed E-state index contributed by atoms with van der Waals surface area (Å²) in [5.41, 5.74) is 7.10. The smallest absolute Gasteiger partial charge is 0.0314 e. The predicted molar refractivity (Wildman–Crippen MR) is 84.0 cm³/mol. The van der Waals surface area contributed by atoms with Crippen LogP contribution < -0.4 is 5.73 Å². The van der Waals surface area contributed by atoms with Gasteiger partial charge in [0.2, 0.25) is 0 Å². The lowest BCUT2D eigenvalue weighted by Gasteiger charge is -2.26. The summed E-state index contributed by atoms with van der Waals surface area (Å²) in [5, 5.41) is 0.784. The third-order valence-corrected chi connectivity index (χ3v) is 5.95.